The lowest BCUT2D eigenvalue weighted by Gasteiger charge is -2.28. The van der Waals surface area contributed by atoms with Gasteiger partial charge >= 0.3 is 11.9 Å². The maximum Gasteiger partial charge on any atom is 0.338 e. The van der Waals surface area contributed by atoms with Crippen LogP contribution in [-0.2, 0) is 20.7 Å². The second kappa shape index (κ2) is 5.58. The zero-order chi connectivity index (χ0) is 15.6. The van der Waals surface area contributed by atoms with Crippen LogP contribution in [0.25, 0.3) is 0 Å². The first-order valence-electron chi connectivity index (χ1n) is 6.05. The molecule has 110 valence electrons. The van der Waals surface area contributed by atoms with Gasteiger partial charge in [-0.2, -0.15) is 0 Å². The van der Waals surface area contributed by atoms with Crippen LogP contribution in [0.4, 0.5) is 4.39 Å². The Kier molecular flexibility index (Phi) is 4.50. The molecule has 1 rings (SSSR count). The molecule has 20 heavy (non-hydrogen) atoms. The van der Waals surface area contributed by atoms with Gasteiger partial charge in [0.25, 0.3) is 0 Å². The zero-order valence-corrected chi connectivity index (χ0v) is 11.6. The molecular formula is C14H18FNO4. The Hall–Kier alpha value is -1.95. The molecule has 0 heterocycles. The number of rotatable bonds is 4. The van der Waals surface area contributed by atoms with Gasteiger partial charge in [0.15, 0.2) is 0 Å². The summed E-state index contributed by atoms with van der Waals surface area (Å²) in [6.07, 6.45) is -0.352. The summed E-state index contributed by atoms with van der Waals surface area (Å²) >= 11 is 0. The van der Waals surface area contributed by atoms with Gasteiger partial charge in [0.05, 0.1) is 0 Å². The van der Waals surface area contributed by atoms with Crippen molar-refractivity contribution in [1.29, 1.82) is 0 Å². The highest BCUT2D eigenvalue weighted by molar-refractivity contribution is 6.04. The minimum absolute atomic E-state index is 0.306. The van der Waals surface area contributed by atoms with Crippen LogP contribution in [0.1, 0.15) is 26.3 Å². The highest BCUT2D eigenvalue weighted by Gasteiger charge is 2.45. The number of carboxylic acids is 1. The number of carbonyl (C=O) groups excluding carboxylic acids is 1. The summed E-state index contributed by atoms with van der Waals surface area (Å²) in [6.45, 7) is 4.82. The van der Waals surface area contributed by atoms with Crippen molar-refractivity contribution in [2.75, 3.05) is 0 Å². The first-order chi connectivity index (χ1) is 9.04. The van der Waals surface area contributed by atoms with E-state index in [1.54, 1.807) is 20.8 Å². The third kappa shape index (κ3) is 4.03. The van der Waals surface area contributed by atoms with E-state index in [1.165, 1.54) is 18.2 Å². The average Bonchev–Trinajstić information content (AvgIpc) is 2.26. The molecule has 0 aromatic heterocycles. The molecule has 0 spiro atoms. The van der Waals surface area contributed by atoms with Crippen LogP contribution < -0.4 is 5.73 Å². The number of halogens is 1. The molecule has 6 heteroatoms. The fraction of sp³-hybridized carbons (Fsp3) is 0.429. The minimum Gasteiger partial charge on any atom is -0.479 e. The summed E-state index contributed by atoms with van der Waals surface area (Å²) in [5, 5.41) is 9.21. The van der Waals surface area contributed by atoms with Gasteiger partial charge in [-0.3, -0.25) is 0 Å². The lowest BCUT2D eigenvalue weighted by atomic mass is 9.91. The lowest BCUT2D eigenvalue weighted by Crippen LogP contribution is -2.58. The molecule has 0 aliphatic rings. The topological polar surface area (TPSA) is 89.6 Å². The van der Waals surface area contributed by atoms with E-state index in [2.05, 4.69) is 0 Å². The molecule has 5 nitrogen and oxygen atoms in total. The molecule has 0 saturated carbocycles. The van der Waals surface area contributed by atoms with Gasteiger partial charge < -0.3 is 15.6 Å². The number of benzene rings is 1. The van der Waals surface area contributed by atoms with Crippen molar-refractivity contribution in [3.05, 3.63) is 35.6 Å². The molecule has 0 fully saturated rings. The van der Waals surface area contributed by atoms with Crippen LogP contribution in [-0.4, -0.2) is 28.2 Å². The maximum absolute atomic E-state index is 13.1. The molecule has 1 aromatic carbocycles. The van der Waals surface area contributed by atoms with Gasteiger partial charge in [-0.25, -0.2) is 14.0 Å². The van der Waals surface area contributed by atoms with E-state index in [0.717, 1.165) is 6.07 Å². The largest absolute Gasteiger partial charge is 0.479 e. The fourth-order valence-corrected chi connectivity index (χ4v) is 1.57. The predicted octanol–water partition coefficient (Wildman–Crippen LogP) is 1.49. The first kappa shape index (κ1) is 16.1. The highest BCUT2D eigenvalue weighted by Crippen LogP contribution is 2.18. The van der Waals surface area contributed by atoms with Crippen molar-refractivity contribution in [1.82, 2.24) is 0 Å². The van der Waals surface area contributed by atoms with Crippen LogP contribution >= 0.6 is 0 Å². The van der Waals surface area contributed by atoms with Crippen LogP contribution in [0.2, 0.25) is 0 Å². The number of esters is 1. The van der Waals surface area contributed by atoms with Gasteiger partial charge in [0.1, 0.15) is 11.4 Å². The Balaban J connectivity index is 3.04. The molecule has 0 amide bonds. The van der Waals surface area contributed by atoms with Crippen molar-refractivity contribution < 1.29 is 23.8 Å². The van der Waals surface area contributed by atoms with Crippen LogP contribution in [0.3, 0.4) is 0 Å². The summed E-state index contributed by atoms with van der Waals surface area (Å²) in [5.74, 6) is -3.10. The lowest BCUT2D eigenvalue weighted by molar-refractivity contribution is -0.169. The normalized spacial score (nSPS) is 14.4. The minimum atomic E-state index is -2.25. The number of carboxylic acid groups (broad SMARTS) is 1. The number of aliphatic carboxylic acids is 1. The van der Waals surface area contributed by atoms with Crippen LogP contribution in [0.15, 0.2) is 24.3 Å². The molecule has 1 unspecified atom stereocenters. The Labute approximate surface area is 116 Å². The van der Waals surface area contributed by atoms with Gasteiger partial charge in [0, 0.05) is 6.42 Å². The second-order valence-corrected chi connectivity index (χ2v) is 5.59. The summed E-state index contributed by atoms with van der Waals surface area (Å²) in [6, 6.07) is 5.27. The summed E-state index contributed by atoms with van der Waals surface area (Å²) < 4.78 is 18.1. The molecular weight excluding hydrogens is 265 g/mol. The van der Waals surface area contributed by atoms with Crippen LogP contribution in [0.5, 0.6) is 0 Å². The van der Waals surface area contributed by atoms with E-state index in [0.29, 0.717) is 5.56 Å². The van der Waals surface area contributed by atoms with Gasteiger partial charge in [-0.1, -0.05) is 12.1 Å². The summed E-state index contributed by atoms with van der Waals surface area (Å²) in [5.41, 5.74) is 2.87. The first-order valence-corrected chi connectivity index (χ1v) is 6.05. The van der Waals surface area contributed by atoms with Crippen molar-refractivity contribution >= 4 is 11.9 Å². The molecule has 1 atom stereocenters. The monoisotopic (exact) mass is 283 g/mol. The molecule has 0 radical (unpaired) electrons. The van der Waals surface area contributed by atoms with E-state index >= 15 is 0 Å². The van der Waals surface area contributed by atoms with Gasteiger partial charge in [-0.15, -0.1) is 0 Å². The SMILES string of the molecule is CC(C)(C)OC(=O)C(N)(Cc1cccc(F)c1)C(=O)O. The van der Waals surface area contributed by atoms with Gasteiger partial charge in [0.2, 0.25) is 5.54 Å². The summed E-state index contributed by atoms with van der Waals surface area (Å²) in [7, 11) is 0. The molecule has 0 aliphatic heterocycles. The number of hydrogen-bond donors (Lipinski definition) is 2. The quantitative estimate of drug-likeness (QED) is 0.645. The van der Waals surface area contributed by atoms with Crippen molar-refractivity contribution in [3.8, 4) is 0 Å². The van der Waals surface area contributed by atoms with E-state index in [9.17, 15) is 19.1 Å². The third-order valence-electron chi connectivity index (χ3n) is 2.52. The van der Waals surface area contributed by atoms with E-state index in [1.807, 2.05) is 0 Å². The number of hydrogen-bond acceptors (Lipinski definition) is 4. The smallest absolute Gasteiger partial charge is 0.338 e. The van der Waals surface area contributed by atoms with Crippen LogP contribution in [0, 0.1) is 5.82 Å². The van der Waals surface area contributed by atoms with Crippen molar-refractivity contribution in [2.24, 2.45) is 5.73 Å². The number of ether oxygens (including phenoxy) is 1. The van der Waals surface area contributed by atoms with E-state index < -0.39 is 28.9 Å². The maximum atomic E-state index is 13.1. The highest BCUT2D eigenvalue weighted by atomic mass is 19.1. The molecule has 0 bridgehead atoms. The fourth-order valence-electron chi connectivity index (χ4n) is 1.57. The summed E-state index contributed by atoms with van der Waals surface area (Å²) in [4.78, 5) is 23.3. The Bertz CT molecular complexity index is 524. The molecule has 0 saturated heterocycles. The van der Waals surface area contributed by atoms with E-state index in [4.69, 9.17) is 10.5 Å². The Morgan fingerprint density at radius 3 is 2.40 bits per heavy atom. The molecule has 3 N–H and O–H groups in total. The standard InChI is InChI=1S/C14H18FNO4/c1-13(2,3)20-12(19)14(16,11(17)18)8-9-5-4-6-10(15)7-9/h4-7H,8,16H2,1-3H3,(H,17,18). The van der Waals surface area contributed by atoms with Gasteiger partial charge in [-0.05, 0) is 38.5 Å². The Morgan fingerprint density at radius 2 is 1.95 bits per heavy atom. The van der Waals surface area contributed by atoms with E-state index in [-0.39, 0.29) is 6.42 Å². The number of carbonyl (C=O) groups is 2. The third-order valence-corrected chi connectivity index (χ3v) is 2.52. The second-order valence-electron chi connectivity index (χ2n) is 5.59. The molecule has 0 aliphatic carbocycles. The predicted molar refractivity (Wildman–Crippen MR) is 70.5 cm³/mol. The molecule has 1 aromatic rings. The number of nitrogens with two attached hydrogens (primary N) is 1. The average molecular weight is 283 g/mol. The Morgan fingerprint density at radius 1 is 1.35 bits per heavy atom. The zero-order valence-electron chi connectivity index (χ0n) is 11.6. The van der Waals surface area contributed by atoms with Crippen molar-refractivity contribution in [3.63, 3.8) is 0 Å². The van der Waals surface area contributed by atoms with Crippen molar-refractivity contribution in [2.45, 2.75) is 38.3 Å².